The number of carbonyl (C=O) groups is 1. The second-order valence-corrected chi connectivity index (χ2v) is 6.17. The van der Waals surface area contributed by atoms with Crippen molar-refractivity contribution in [3.05, 3.63) is 52.7 Å². The highest BCUT2D eigenvalue weighted by Gasteiger charge is 2.24. The number of carbonyl (C=O) groups excluding carboxylic acids is 1. The Kier molecular flexibility index (Phi) is 3.93. The summed E-state index contributed by atoms with van der Waals surface area (Å²) in [5, 5.41) is 10.8. The fourth-order valence-corrected chi connectivity index (χ4v) is 3.21. The number of rotatable bonds is 3. The Hall–Kier alpha value is -3.16. The molecule has 8 heteroatoms. The average molecular weight is 338 g/mol. The Bertz CT molecular complexity index is 963. The topological polar surface area (TPSA) is 107 Å². The van der Waals surface area contributed by atoms with Gasteiger partial charge < -0.3 is 15.2 Å². The van der Waals surface area contributed by atoms with Gasteiger partial charge >= 0.3 is 0 Å². The smallest absolute Gasteiger partial charge is 0.290 e. The fourth-order valence-electron chi connectivity index (χ4n) is 3.21. The van der Waals surface area contributed by atoms with Crippen molar-refractivity contribution in [3.8, 4) is 0 Å². The third kappa shape index (κ3) is 3.10. The maximum Gasteiger partial charge on any atom is 0.290 e. The number of nitrogens with zero attached hydrogens (tertiary/aromatic N) is 3. The zero-order valence-corrected chi connectivity index (χ0v) is 13.5. The largest absolute Gasteiger partial charge is 0.350 e. The van der Waals surface area contributed by atoms with Crippen molar-refractivity contribution < 1.29 is 4.79 Å². The molecule has 3 heterocycles. The van der Waals surface area contributed by atoms with Gasteiger partial charge in [0.15, 0.2) is 5.82 Å². The van der Waals surface area contributed by atoms with Crippen molar-refractivity contribution in [2.24, 2.45) is 0 Å². The van der Waals surface area contributed by atoms with E-state index in [2.05, 4.69) is 25.5 Å². The Labute approximate surface area is 143 Å². The van der Waals surface area contributed by atoms with Crippen molar-refractivity contribution in [2.45, 2.75) is 18.9 Å². The van der Waals surface area contributed by atoms with Crippen molar-refractivity contribution in [3.63, 3.8) is 0 Å². The minimum absolute atomic E-state index is 0.0253. The van der Waals surface area contributed by atoms with Crippen LogP contribution in [0.25, 0.3) is 10.9 Å². The maximum absolute atomic E-state index is 12.5. The quantitative estimate of drug-likeness (QED) is 0.662. The van der Waals surface area contributed by atoms with E-state index in [1.165, 1.54) is 6.20 Å². The lowest BCUT2D eigenvalue weighted by Crippen LogP contribution is -2.49. The second-order valence-electron chi connectivity index (χ2n) is 6.17. The van der Waals surface area contributed by atoms with E-state index in [9.17, 15) is 9.59 Å². The van der Waals surface area contributed by atoms with E-state index >= 15 is 0 Å². The van der Waals surface area contributed by atoms with Gasteiger partial charge in [0.25, 0.3) is 11.5 Å². The molecule has 128 valence electrons. The van der Waals surface area contributed by atoms with Crippen LogP contribution in [-0.4, -0.2) is 45.2 Å². The molecule has 1 aliphatic rings. The Morgan fingerprint density at radius 3 is 3.16 bits per heavy atom. The van der Waals surface area contributed by atoms with Crippen molar-refractivity contribution in [1.82, 2.24) is 25.5 Å². The fraction of sp³-hybridized carbons (Fsp3) is 0.294. The van der Waals surface area contributed by atoms with Crippen LogP contribution >= 0.6 is 0 Å². The summed E-state index contributed by atoms with van der Waals surface area (Å²) in [7, 11) is 0. The zero-order valence-electron chi connectivity index (χ0n) is 13.5. The molecular formula is C17H18N6O2. The van der Waals surface area contributed by atoms with Gasteiger partial charge in [-0.3, -0.25) is 14.7 Å². The van der Waals surface area contributed by atoms with E-state index in [4.69, 9.17) is 0 Å². The van der Waals surface area contributed by atoms with E-state index in [0.717, 1.165) is 30.3 Å². The summed E-state index contributed by atoms with van der Waals surface area (Å²) in [6, 6.07) is 5.42. The van der Waals surface area contributed by atoms with E-state index in [1.807, 2.05) is 17.0 Å². The van der Waals surface area contributed by atoms with Crippen LogP contribution in [0.15, 0.2) is 41.6 Å². The van der Waals surface area contributed by atoms with Gasteiger partial charge in [0.2, 0.25) is 0 Å². The third-order valence-electron chi connectivity index (χ3n) is 4.45. The van der Waals surface area contributed by atoms with Gasteiger partial charge in [-0.05, 0) is 31.0 Å². The standard InChI is InChI=1S/C17H18N6O2/c24-16(11-3-4-14-12(8-11)9-20-22-14)21-13-2-1-7-23(10-13)15-17(25)19-6-5-18-15/h3-6,8-9,13H,1-2,7,10H2,(H,19,25)(H,20,22)(H,21,24). The van der Waals surface area contributed by atoms with Gasteiger partial charge in [-0.1, -0.05) is 0 Å². The number of hydrogen-bond acceptors (Lipinski definition) is 5. The van der Waals surface area contributed by atoms with E-state index in [1.54, 1.807) is 18.5 Å². The highest BCUT2D eigenvalue weighted by molar-refractivity contribution is 5.98. The first-order chi connectivity index (χ1) is 12.2. The maximum atomic E-state index is 12.5. The van der Waals surface area contributed by atoms with Gasteiger partial charge in [-0.2, -0.15) is 5.10 Å². The summed E-state index contributed by atoms with van der Waals surface area (Å²) in [4.78, 5) is 33.2. The molecule has 0 aliphatic carbocycles. The monoisotopic (exact) mass is 338 g/mol. The minimum Gasteiger partial charge on any atom is -0.350 e. The molecule has 0 bridgehead atoms. The number of benzene rings is 1. The molecule has 0 radical (unpaired) electrons. The average Bonchev–Trinajstić information content (AvgIpc) is 3.10. The van der Waals surface area contributed by atoms with Crippen molar-refractivity contribution in [1.29, 1.82) is 0 Å². The van der Waals surface area contributed by atoms with Crippen LogP contribution in [-0.2, 0) is 0 Å². The molecule has 3 N–H and O–H groups in total. The summed E-state index contributed by atoms with van der Waals surface area (Å²) in [5.74, 6) is 0.283. The van der Waals surface area contributed by atoms with Crippen LogP contribution in [0.3, 0.4) is 0 Å². The first-order valence-electron chi connectivity index (χ1n) is 8.23. The summed E-state index contributed by atoms with van der Waals surface area (Å²) in [5.41, 5.74) is 1.29. The van der Waals surface area contributed by atoms with Gasteiger partial charge in [-0.15, -0.1) is 0 Å². The number of H-pyrrole nitrogens is 2. The summed E-state index contributed by atoms with van der Waals surface area (Å²) >= 11 is 0. The first kappa shape index (κ1) is 15.4. The number of nitrogens with one attached hydrogen (secondary N) is 3. The van der Waals surface area contributed by atoms with Crippen LogP contribution in [0.1, 0.15) is 23.2 Å². The predicted octanol–water partition coefficient (Wildman–Crippen LogP) is 1.04. The van der Waals surface area contributed by atoms with Crippen molar-refractivity contribution >= 4 is 22.6 Å². The number of piperidine rings is 1. The second kappa shape index (κ2) is 6.39. The summed E-state index contributed by atoms with van der Waals surface area (Å²) in [6.07, 6.45) is 6.55. The molecule has 0 spiro atoms. The SMILES string of the molecule is O=C(NC1CCCN(c2ncc[nH]c2=O)C1)c1ccc2[nH]ncc2c1. The molecule has 1 fully saturated rings. The van der Waals surface area contributed by atoms with Crippen LogP contribution in [0.5, 0.6) is 0 Å². The normalized spacial score (nSPS) is 17.6. The third-order valence-corrected chi connectivity index (χ3v) is 4.45. The highest BCUT2D eigenvalue weighted by Crippen LogP contribution is 2.16. The Morgan fingerprint density at radius 2 is 2.28 bits per heavy atom. The van der Waals surface area contributed by atoms with Gasteiger partial charge in [0, 0.05) is 42.5 Å². The molecule has 1 amide bonds. The molecule has 2 aromatic heterocycles. The Balaban J connectivity index is 1.47. The van der Waals surface area contributed by atoms with Gasteiger partial charge in [-0.25, -0.2) is 4.98 Å². The number of aromatic amines is 2. The Morgan fingerprint density at radius 1 is 1.36 bits per heavy atom. The molecule has 0 saturated carbocycles. The molecule has 3 aromatic rings. The molecule has 1 unspecified atom stereocenters. The number of fused-ring (bicyclic) bond motifs is 1. The molecule has 4 rings (SSSR count). The van der Waals surface area contributed by atoms with Gasteiger partial charge in [0.05, 0.1) is 11.7 Å². The van der Waals surface area contributed by atoms with E-state index in [-0.39, 0.29) is 17.5 Å². The number of aromatic nitrogens is 4. The highest BCUT2D eigenvalue weighted by atomic mass is 16.1. The molecule has 1 saturated heterocycles. The van der Waals surface area contributed by atoms with E-state index in [0.29, 0.717) is 17.9 Å². The van der Waals surface area contributed by atoms with Gasteiger partial charge in [0.1, 0.15) is 0 Å². The molecule has 1 aromatic carbocycles. The number of hydrogen-bond donors (Lipinski definition) is 3. The first-order valence-corrected chi connectivity index (χ1v) is 8.23. The zero-order chi connectivity index (χ0) is 17.2. The lowest BCUT2D eigenvalue weighted by Gasteiger charge is -2.33. The summed E-state index contributed by atoms with van der Waals surface area (Å²) in [6.45, 7) is 1.33. The minimum atomic E-state index is -0.208. The molecule has 1 atom stereocenters. The predicted molar refractivity (Wildman–Crippen MR) is 93.7 cm³/mol. The van der Waals surface area contributed by atoms with E-state index < -0.39 is 0 Å². The lowest BCUT2D eigenvalue weighted by atomic mass is 10.0. The molecule has 8 nitrogen and oxygen atoms in total. The van der Waals surface area contributed by atoms with Crippen LogP contribution in [0, 0.1) is 0 Å². The molecule has 1 aliphatic heterocycles. The van der Waals surface area contributed by atoms with Crippen molar-refractivity contribution in [2.75, 3.05) is 18.0 Å². The number of anilines is 1. The van der Waals surface area contributed by atoms with Crippen LogP contribution < -0.4 is 15.8 Å². The lowest BCUT2D eigenvalue weighted by molar-refractivity contribution is 0.0933. The van der Waals surface area contributed by atoms with Crippen LogP contribution in [0.2, 0.25) is 0 Å². The molecular weight excluding hydrogens is 320 g/mol. The molecule has 25 heavy (non-hydrogen) atoms. The number of amides is 1. The summed E-state index contributed by atoms with van der Waals surface area (Å²) < 4.78 is 0. The van der Waals surface area contributed by atoms with Crippen LogP contribution in [0.4, 0.5) is 5.82 Å².